The summed E-state index contributed by atoms with van der Waals surface area (Å²) in [6.45, 7) is 3.39. The van der Waals surface area contributed by atoms with Crippen LogP contribution < -0.4 is 10.2 Å². The van der Waals surface area contributed by atoms with Crippen LogP contribution in [0.4, 0.5) is 15.8 Å². The van der Waals surface area contributed by atoms with Gasteiger partial charge in [-0.25, -0.2) is 4.39 Å². The number of carbonyl (C=O) groups excluding carboxylic acids is 1. The second-order valence-electron chi connectivity index (χ2n) is 8.39. The molecular weight excluding hydrogens is 369 g/mol. The van der Waals surface area contributed by atoms with Crippen LogP contribution in [0.25, 0.3) is 0 Å². The smallest absolute Gasteiger partial charge is 0.243 e. The number of hydrogen-bond donors (Lipinski definition) is 2. The maximum absolute atomic E-state index is 13.0. The SMILES string of the molecule is O=C1CN2c3c(cccc3[C@@H]3CN(CCC[C@H](O)c4ccc(F)cc4)CC[C@@H]32)N1. The van der Waals surface area contributed by atoms with Crippen molar-refractivity contribution in [1.82, 2.24) is 4.90 Å². The lowest BCUT2D eigenvalue weighted by Gasteiger charge is -2.39. The molecule has 29 heavy (non-hydrogen) atoms. The zero-order valence-electron chi connectivity index (χ0n) is 16.4. The highest BCUT2D eigenvalue weighted by molar-refractivity contribution is 6.03. The maximum atomic E-state index is 13.0. The molecule has 3 atom stereocenters. The molecule has 3 aliphatic rings. The Morgan fingerprint density at radius 3 is 2.86 bits per heavy atom. The van der Waals surface area contributed by atoms with Crippen molar-refractivity contribution < 1.29 is 14.3 Å². The Bertz CT molecular complexity index is 917. The van der Waals surface area contributed by atoms with Crippen LogP contribution in [0.3, 0.4) is 0 Å². The lowest BCUT2D eigenvalue weighted by molar-refractivity contribution is -0.115. The van der Waals surface area contributed by atoms with Gasteiger partial charge in [-0.05, 0) is 55.1 Å². The fourth-order valence-corrected chi connectivity index (χ4v) is 5.24. The van der Waals surface area contributed by atoms with Gasteiger partial charge in [0.15, 0.2) is 0 Å². The Kier molecular flexibility index (Phi) is 4.76. The molecule has 152 valence electrons. The number of amides is 1. The second kappa shape index (κ2) is 7.43. The van der Waals surface area contributed by atoms with Crippen LogP contribution in [0.5, 0.6) is 0 Å². The normalized spacial score (nSPS) is 24.1. The first-order valence-corrected chi connectivity index (χ1v) is 10.5. The third-order valence-electron chi connectivity index (χ3n) is 6.61. The molecule has 2 N–H and O–H groups in total. The van der Waals surface area contributed by atoms with E-state index in [0.29, 0.717) is 24.9 Å². The molecule has 0 radical (unpaired) electrons. The van der Waals surface area contributed by atoms with E-state index in [9.17, 15) is 14.3 Å². The van der Waals surface area contributed by atoms with E-state index in [-0.39, 0.29) is 11.7 Å². The summed E-state index contributed by atoms with van der Waals surface area (Å²) in [6, 6.07) is 12.7. The summed E-state index contributed by atoms with van der Waals surface area (Å²) in [5.41, 5.74) is 4.29. The van der Waals surface area contributed by atoms with Gasteiger partial charge in [-0.15, -0.1) is 0 Å². The largest absolute Gasteiger partial charge is 0.388 e. The summed E-state index contributed by atoms with van der Waals surface area (Å²) in [6.07, 6.45) is 2.06. The van der Waals surface area contributed by atoms with E-state index in [2.05, 4.69) is 21.2 Å². The Balaban J connectivity index is 1.21. The molecule has 2 aromatic rings. The van der Waals surface area contributed by atoms with Gasteiger partial charge in [0, 0.05) is 25.0 Å². The topological polar surface area (TPSA) is 55.8 Å². The van der Waals surface area contributed by atoms with Gasteiger partial charge in [0.2, 0.25) is 5.91 Å². The van der Waals surface area contributed by atoms with Crippen LogP contribution in [0.2, 0.25) is 0 Å². The molecular formula is C23H26FN3O2. The van der Waals surface area contributed by atoms with Crippen LogP contribution >= 0.6 is 0 Å². The number of nitrogens with zero attached hydrogens (tertiary/aromatic N) is 2. The summed E-state index contributed by atoms with van der Waals surface area (Å²) in [5, 5.41) is 13.4. The molecule has 5 rings (SSSR count). The van der Waals surface area contributed by atoms with E-state index >= 15 is 0 Å². The average Bonchev–Trinajstić information content (AvgIpc) is 3.03. The van der Waals surface area contributed by atoms with Gasteiger partial charge in [0.1, 0.15) is 5.82 Å². The maximum Gasteiger partial charge on any atom is 0.243 e. The number of nitrogens with one attached hydrogen (secondary N) is 1. The lowest BCUT2D eigenvalue weighted by atomic mass is 9.89. The van der Waals surface area contributed by atoms with Crippen LogP contribution in [0.1, 0.15) is 42.4 Å². The lowest BCUT2D eigenvalue weighted by Crippen LogP contribution is -2.49. The highest BCUT2D eigenvalue weighted by Crippen LogP contribution is 2.49. The molecule has 3 heterocycles. The number of aliphatic hydroxyl groups excluding tert-OH is 1. The first kappa shape index (κ1) is 18.6. The molecule has 5 nitrogen and oxygen atoms in total. The van der Waals surface area contributed by atoms with Gasteiger partial charge in [0.25, 0.3) is 0 Å². The number of para-hydroxylation sites is 1. The molecule has 1 fully saturated rings. The number of anilines is 2. The van der Waals surface area contributed by atoms with Crippen molar-refractivity contribution in [3.63, 3.8) is 0 Å². The van der Waals surface area contributed by atoms with Crippen LogP contribution in [-0.2, 0) is 4.79 Å². The van der Waals surface area contributed by atoms with Gasteiger partial charge >= 0.3 is 0 Å². The zero-order valence-corrected chi connectivity index (χ0v) is 16.4. The van der Waals surface area contributed by atoms with E-state index in [1.165, 1.54) is 23.4 Å². The number of hydrogen-bond acceptors (Lipinski definition) is 4. The van der Waals surface area contributed by atoms with Crippen molar-refractivity contribution in [3.05, 3.63) is 59.4 Å². The Morgan fingerprint density at radius 1 is 1.21 bits per heavy atom. The number of rotatable bonds is 5. The highest BCUT2D eigenvalue weighted by atomic mass is 19.1. The van der Waals surface area contributed by atoms with Crippen molar-refractivity contribution in [1.29, 1.82) is 0 Å². The molecule has 0 unspecified atom stereocenters. The number of fused-ring (bicyclic) bond motifs is 3. The molecule has 2 aromatic carbocycles. The number of halogens is 1. The Labute approximate surface area is 170 Å². The third kappa shape index (κ3) is 3.40. The van der Waals surface area contributed by atoms with E-state index in [1.54, 1.807) is 12.1 Å². The first-order valence-electron chi connectivity index (χ1n) is 10.5. The van der Waals surface area contributed by atoms with Crippen molar-refractivity contribution >= 4 is 17.3 Å². The van der Waals surface area contributed by atoms with Crippen LogP contribution in [0.15, 0.2) is 42.5 Å². The molecule has 1 saturated heterocycles. The minimum atomic E-state index is -0.551. The molecule has 0 bridgehead atoms. The zero-order chi connectivity index (χ0) is 20.0. The third-order valence-corrected chi connectivity index (χ3v) is 6.61. The van der Waals surface area contributed by atoms with Gasteiger partial charge in [-0.1, -0.05) is 24.3 Å². The molecule has 1 amide bonds. The van der Waals surface area contributed by atoms with E-state index in [1.807, 2.05) is 12.1 Å². The van der Waals surface area contributed by atoms with E-state index in [0.717, 1.165) is 43.7 Å². The molecule has 3 aliphatic heterocycles. The van der Waals surface area contributed by atoms with E-state index < -0.39 is 6.10 Å². The Morgan fingerprint density at radius 2 is 2.03 bits per heavy atom. The van der Waals surface area contributed by atoms with Crippen molar-refractivity contribution in [2.24, 2.45) is 0 Å². The summed E-state index contributed by atoms with van der Waals surface area (Å²) in [4.78, 5) is 16.9. The fraction of sp³-hybridized carbons (Fsp3) is 0.435. The summed E-state index contributed by atoms with van der Waals surface area (Å²) in [7, 11) is 0. The quantitative estimate of drug-likeness (QED) is 0.816. The minimum absolute atomic E-state index is 0.0764. The predicted octanol–water partition coefficient (Wildman–Crippen LogP) is 3.27. The van der Waals surface area contributed by atoms with E-state index in [4.69, 9.17) is 0 Å². The highest BCUT2D eigenvalue weighted by Gasteiger charge is 2.44. The predicted molar refractivity (Wildman–Crippen MR) is 111 cm³/mol. The fourth-order valence-electron chi connectivity index (χ4n) is 5.24. The molecule has 6 heteroatoms. The number of benzene rings is 2. The number of carbonyl (C=O) groups is 1. The van der Waals surface area contributed by atoms with Gasteiger partial charge in [0.05, 0.1) is 24.0 Å². The summed E-state index contributed by atoms with van der Waals surface area (Å²) in [5.74, 6) is 0.222. The van der Waals surface area contributed by atoms with Crippen molar-refractivity contribution in [2.45, 2.75) is 37.3 Å². The Hall–Kier alpha value is -2.44. The average molecular weight is 395 g/mol. The molecule has 0 aliphatic carbocycles. The van der Waals surface area contributed by atoms with Crippen molar-refractivity contribution in [3.8, 4) is 0 Å². The van der Waals surface area contributed by atoms with Crippen LogP contribution in [0, 0.1) is 5.82 Å². The monoisotopic (exact) mass is 395 g/mol. The summed E-state index contributed by atoms with van der Waals surface area (Å²) >= 11 is 0. The molecule has 0 aromatic heterocycles. The molecule has 0 saturated carbocycles. The van der Waals surface area contributed by atoms with Gasteiger partial charge < -0.3 is 20.2 Å². The standard InChI is InChI=1S/C23H26FN3O2/c24-16-8-6-15(7-9-16)21(28)5-2-11-26-12-10-20-18(13-26)17-3-1-4-19-23(17)27(20)14-22(29)25-19/h1,3-4,6-9,18,20-21,28H,2,5,10-14H2,(H,25,29)/t18-,20-,21-/m0/s1. The number of aliphatic hydroxyl groups is 1. The minimum Gasteiger partial charge on any atom is -0.388 e. The van der Waals surface area contributed by atoms with Crippen LogP contribution in [-0.4, -0.2) is 48.1 Å². The second-order valence-corrected chi connectivity index (χ2v) is 8.39. The number of likely N-dealkylation sites (tertiary alicyclic amines) is 1. The molecule has 0 spiro atoms. The van der Waals surface area contributed by atoms with Gasteiger partial charge in [-0.3, -0.25) is 4.79 Å². The summed E-state index contributed by atoms with van der Waals surface area (Å²) < 4.78 is 13.0. The van der Waals surface area contributed by atoms with Gasteiger partial charge in [-0.2, -0.15) is 0 Å². The van der Waals surface area contributed by atoms with Crippen molar-refractivity contribution in [2.75, 3.05) is 36.4 Å². The number of piperidine rings is 1. The first-order chi connectivity index (χ1) is 14.1.